The van der Waals surface area contributed by atoms with Gasteiger partial charge in [0, 0.05) is 11.1 Å². The van der Waals surface area contributed by atoms with Gasteiger partial charge in [-0.15, -0.1) is 0 Å². The summed E-state index contributed by atoms with van der Waals surface area (Å²) in [4.78, 5) is 13.2. The third kappa shape index (κ3) is 4.50. The van der Waals surface area contributed by atoms with Gasteiger partial charge < -0.3 is 5.32 Å². The second-order valence-corrected chi connectivity index (χ2v) is 9.28. The maximum absolute atomic E-state index is 13.4. The Kier molecular flexibility index (Phi) is 6.23. The molecular weight excluding hydrogens is 420 g/mol. The van der Waals surface area contributed by atoms with Gasteiger partial charge in [0.15, 0.2) is 0 Å². The predicted molar refractivity (Wildman–Crippen MR) is 129 cm³/mol. The average Bonchev–Trinajstić information content (AvgIpc) is 2.83. The highest BCUT2D eigenvalue weighted by Gasteiger charge is 2.27. The van der Waals surface area contributed by atoms with E-state index >= 15 is 0 Å². The number of amides is 1. The van der Waals surface area contributed by atoms with Crippen molar-refractivity contribution < 1.29 is 13.2 Å². The summed E-state index contributed by atoms with van der Waals surface area (Å²) in [6.45, 7) is 1.69. The van der Waals surface area contributed by atoms with Gasteiger partial charge in [0.25, 0.3) is 10.0 Å². The van der Waals surface area contributed by atoms with E-state index in [2.05, 4.69) is 5.32 Å². The van der Waals surface area contributed by atoms with Gasteiger partial charge in [0.05, 0.1) is 10.6 Å². The fraction of sp³-hybridized carbons (Fsp3) is 0.115. The SMILES string of the molecule is CCc1ccc(N(CC(=O)Nc2cccc3ccccc23)S(=O)(=O)c2ccccc2)cc1. The number of benzene rings is 4. The van der Waals surface area contributed by atoms with Crippen LogP contribution in [0.25, 0.3) is 10.8 Å². The molecule has 0 aliphatic rings. The molecule has 0 spiro atoms. The first-order valence-electron chi connectivity index (χ1n) is 10.4. The Hall–Kier alpha value is -3.64. The van der Waals surface area contributed by atoms with E-state index in [-0.39, 0.29) is 11.4 Å². The molecule has 0 bridgehead atoms. The maximum Gasteiger partial charge on any atom is 0.264 e. The second kappa shape index (κ2) is 9.24. The van der Waals surface area contributed by atoms with Gasteiger partial charge in [-0.05, 0) is 47.7 Å². The molecule has 4 aromatic carbocycles. The number of carbonyl (C=O) groups is 1. The number of anilines is 2. The number of hydrogen-bond acceptors (Lipinski definition) is 3. The van der Waals surface area contributed by atoms with Crippen molar-refractivity contribution in [3.05, 3.63) is 103 Å². The average molecular weight is 445 g/mol. The molecule has 32 heavy (non-hydrogen) atoms. The van der Waals surface area contributed by atoms with E-state index < -0.39 is 15.9 Å². The van der Waals surface area contributed by atoms with Crippen LogP contribution < -0.4 is 9.62 Å². The van der Waals surface area contributed by atoms with Gasteiger partial charge >= 0.3 is 0 Å². The third-order valence-electron chi connectivity index (χ3n) is 5.31. The number of hydrogen-bond donors (Lipinski definition) is 1. The summed E-state index contributed by atoms with van der Waals surface area (Å²) in [7, 11) is -3.93. The summed E-state index contributed by atoms with van der Waals surface area (Å²) in [5.74, 6) is -0.416. The molecule has 1 amide bonds. The van der Waals surface area contributed by atoms with Crippen LogP contribution in [-0.2, 0) is 21.2 Å². The van der Waals surface area contributed by atoms with Gasteiger partial charge in [0.2, 0.25) is 5.91 Å². The molecule has 0 fully saturated rings. The third-order valence-corrected chi connectivity index (χ3v) is 7.10. The molecule has 6 heteroatoms. The van der Waals surface area contributed by atoms with Crippen molar-refractivity contribution in [2.75, 3.05) is 16.2 Å². The fourth-order valence-electron chi connectivity index (χ4n) is 3.59. The Morgan fingerprint density at radius 3 is 2.19 bits per heavy atom. The Balaban J connectivity index is 1.67. The number of nitrogens with zero attached hydrogens (tertiary/aromatic N) is 1. The van der Waals surface area contributed by atoms with Crippen LogP contribution in [0.4, 0.5) is 11.4 Å². The Morgan fingerprint density at radius 1 is 0.812 bits per heavy atom. The molecule has 5 nitrogen and oxygen atoms in total. The van der Waals surface area contributed by atoms with E-state index in [0.29, 0.717) is 11.4 Å². The molecule has 0 atom stereocenters. The van der Waals surface area contributed by atoms with Crippen molar-refractivity contribution in [2.24, 2.45) is 0 Å². The molecule has 0 heterocycles. The van der Waals surface area contributed by atoms with E-state index in [1.807, 2.05) is 61.5 Å². The van der Waals surface area contributed by atoms with Gasteiger partial charge in [-0.2, -0.15) is 0 Å². The first-order valence-corrected chi connectivity index (χ1v) is 11.9. The normalized spacial score (nSPS) is 11.3. The van der Waals surface area contributed by atoms with Gasteiger partial charge in [-0.25, -0.2) is 8.42 Å². The van der Waals surface area contributed by atoms with Crippen LogP contribution in [-0.4, -0.2) is 20.9 Å². The molecule has 0 radical (unpaired) electrons. The number of carbonyl (C=O) groups excluding carboxylic acids is 1. The van der Waals surface area contributed by atoms with Crippen molar-refractivity contribution in [2.45, 2.75) is 18.2 Å². The van der Waals surface area contributed by atoms with E-state index in [1.54, 1.807) is 30.3 Å². The summed E-state index contributed by atoms with van der Waals surface area (Å²) in [5.41, 5.74) is 2.18. The van der Waals surface area contributed by atoms with Crippen LogP contribution in [0, 0.1) is 0 Å². The minimum Gasteiger partial charge on any atom is -0.324 e. The van der Waals surface area contributed by atoms with Gasteiger partial charge in [-0.1, -0.05) is 73.7 Å². The van der Waals surface area contributed by atoms with Crippen molar-refractivity contribution in [1.82, 2.24) is 0 Å². The van der Waals surface area contributed by atoms with Gasteiger partial charge in [-0.3, -0.25) is 9.10 Å². The number of sulfonamides is 1. The predicted octanol–water partition coefficient (Wildman–Crippen LogP) is 5.24. The topological polar surface area (TPSA) is 66.5 Å². The fourth-order valence-corrected chi connectivity index (χ4v) is 5.03. The highest BCUT2D eigenvalue weighted by molar-refractivity contribution is 7.92. The largest absolute Gasteiger partial charge is 0.324 e. The molecule has 1 N–H and O–H groups in total. The van der Waals surface area contributed by atoms with Crippen molar-refractivity contribution >= 4 is 38.1 Å². The molecule has 4 rings (SSSR count). The lowest BCUT2D eigenvalue weighted by molar-refractivity contribution is -0.114. The lowest BCUT2D eigenvalue weighted by Gasteiger charge is -2.24. The van der Waals surface area contributed by atoms with Crippen LogP contribution in [0.5, 0.6) is 0 Å². The zero-order valence-electron chi connectivity index (χ0n) is 17.7. The number of nitrogens with one attached hydrogen (secondary N) is 1. The summed E-state index contributed by atoms with van der Waals surface area (Å²) >= 11 is 0. The first kappa shape index (κ1) is 21.6. The first-order chi connectivity index (χ1) is 15.5. The smallest absolute Gasteiger partial charge is 0.264 e. The Morgan fingerprint density at radius 2 is 1.47 bits per heavy atom. The summed E-state index contributed by atoms with van der Waals surface area (Å²) < 4.78 is 28.0. The quantitative estimate of drug-likeness (QED) is 0.424. The molecule has 0 unspecified atom stereocenters. The van der Waals surface area contributed by atoms with Crippen LogP contribution in [0.1, 0.15) is 12.5 Å². The highest BCUT2D eigenvalue weighted by Crippen LogP contribution is 2.26. The van der Waals surface area contributed by atoms with E-state index in [1.165, 1.54) is 12.1 Å². The maximum atomic E-state index is 13.4. The molecule has 0 saturated heterocycles. The number of aryl methyl sites for hydroxylation is 1. The van der Waals surface area contributed by atoms with E-state index in [9.17, 15) is 13.2 Å². The lowest BCUT2D eigenvalue weighted by atomic mass is 10.1. The zero-order valence-corrected chi connectivity index (χ0v) is 18.5. The molecular formula is C26H24N2O3S. The minimum absolute atomic E-state index is 0.137. The summed E-state index contributed by atoms with van der Waals surface area (Å²) in [6, 6.07) is 28.8. The number of fused-ring (bicyclic) bond motifs is 1. The molecule has 0 aliphatic carbocycles. The molecule has 0 aliphatic heterocycles. The summed E-state index contributed by atoms with van der Waals surface area (Å²) in [6.07, 6.45) is 0.841. The second-order valence-electron chi connectivity index (χ2n) is 7.42. The standard InChI is InChI=1S/C26H24N2O3S/c1-2-20-15-17-22(18-16-20)28(32(30,31)23-11-4-3-5-12-23)19-26(29)27-25-14-8-10-21-9-6-7-13-24(21)25/h3-18H,2,19H2,1H3,(H,27,29). The van der Waals surface area contributed by atoms with Gasteiger partial charge in [0.1, 0.15) is 6.54 Å². The van der Waals surface area contributed by atoms with Crippen molar-refractivity contribution in [3.8, 4) is 0 Å². The van der Waals surface area contributed by atoms with Crippen LogP contribution in [0.15, 0.2) is 102 Å². The van der Waals surface area contributed by atoms with Crippen LogP contribution in [0.2, 0.25) is 0 Å². The van der Waals surface area contributed by atoms with E-state index in [0.717, 1.165) is 27.1 Å². The minimum atomic E-state index is -3.93. The zero-order chi connectivity index (χ0) is 22.6. The van der Waals surface area contributed by atoms with Crippen molar-refractivity contribution in [1.29, 1.82) is 0 Å². The Bertz CT molecular complexity index is 1330. The van der Waals surface area contributed by atoms with E-state index in [4.69, 9.17) is 0 Å². The van der Waals surface area contributed by atoms with Crippen LogP contribution >= 0.6 is 0 Å². The lowest BCUT2D eigenvalue weighted by Crippen LogP contribution is -2.38. The monoisotopic (exact) mass is 444 g/mol. The molecule has 0 saturated carbocycles. The molecule has 0 aromatic heterocycles. The summed E-state index contributed by atoms with van der Waals surface area (Å²) in [5, 5.41) is 4.78. The molecule has 4 aromatic rings. The van der Waals surface area contributed by atoms with Crippen molar-refractivity contribution in [3.63, 3.8) is 0 Å². The number of rotatable bonds is 7. The highest BCUT2D eigenvalue weighted by atomic mass is 32.2. The molecule has 162 valence electrons. The Labute approximate surface area is 188 Å². The van der Waals surface area contributed by atoms with Crippen LogP contribution in [0.3, 0.4) is 0 Å².